The summed E-state index contributed by atoms with van der Waals surface area (Å²) in [5, 5.41) is 20.7. The first-order valence-electron chi connectivity index (χ1n) is 5.73. The molecule has 1 aromatic heterocycles. The van der Waals surface area contributed by atoms with E-state index in [1.807, 2.05) is 0 Å². The number of hydrogen-bond donors (Lipinski definition) is 1. The summed E-state index contributed by atoms with van der Waals surface area (Å²) >= 11 is 5.72. The summed E-state index contributed by atoms with van der Waals surface area (Å²) in [6.45, 7) is 1.60. The second-order valence-electron chi connectivity index (χ2n) is 4.07. The minimum Gasteiger partial charge on any atom is -0.432 e. The number of halogens is 1. The first-order valence-corrected chi connectivity index (χ1v) is 6.11. The van der Waals surface area contributed by atoms with Crippen LogP contribution in [-0.4, -0.2) is 15.0 Å². The number of hydrogen-bond acceptors (Lipinski definition) is 5. The predicted octanol–water partition coefficient (Wildman–Crippen LogP) is 3.49. The average Bonchev–Trinajstić information content (AvgIpc) is 2.41. The maximum atomic E-state index is 10.9. The zero-order valence-electron chi connectivity index (χ0n) is 10.5. The third-order valence-electron chi connectivity index (χ3n) is 2.57. The second-order valence-corrected chi connectivity index (χ2v) is 4.51. The minimum absolute atomic E-state index is 0.0367. The van der Waals surface area contributed by atoms with Crippen LogP contribution in [-0.2, 0) is 0 Å². The van der Waals surface area contributed by atoms with Crippen molar-refractivity contribution in [2.24, 2.45) is 0 Å². The Morgan fingerprint density at radius 2 is 2.15 bits per heavy atom. The molecule has 1 N–H and O–H groups in total. The topological polar surface area (TPSA) is 85.5 Å². The average molecular weight is 295 g/mol. The summed E-state index contributed by atoms with van der Waals surface area (Å²) in [7, 11) is 0. The highest BCUT2D eigenvalue weighted by molar-refractivity contribution is 6.30. The van der Waals surface area contributed by atoms with E-state index in [-0.39, 0.29) is 22.3 Å². The predicted molar refractivity (Wildman–Crippen MR) is 73.1 cm³/mol. The van der Waals surface area contributed by atoms with E-state index in [1.54, 1.807) is 13.0 Å². The maximum Gasteiger partial charge on any atom is 0.313 e. The summed E-state index contributed by atoms with van der Waals surface area (Å²) in [4.78, 5) is 14.3. The van der Waals surface area contributed by atoms with Crippen molar-refractivity contribution in [2.75, 3.05) is 0 Å². The third kappa shape index (κ3) is 3.23. The smallest absolute Gasteiger partial charge is 0.313 e. The highest BCUT2D eigenvalue weighted by Crippen LogP contribution is 2.33. The molecular weight excluding hydrogens is 284 g/mol. The lowest BCUT2D eigenvalue weighted by Gasteiger charge is -2.08. The molecule has 0 aliphatic rings. The Hall–Kier alpha value is -2.18. The van der Waals surface area contributed by atoms with Gasteiger partial charge in [-0.2, -0.15) is 0 Å². The van der Waals surface area contributed by atoms with Gasteiger partial charge in [-0.25, -0.2) is 4.98 Å². The first-order chi connectivity index (χ1) is 9.47. The highest BCUT2D eigenvalue weighted by Gasteiger charge is 2.17. The molecule has 0 amide bonds. The molecule has 0 aliphatic heterocycles. The monoisotopic (exact) mass is 294 g/mol. The summed E-state index contributed by atoms with van der Waals surface area (Å²) in [5.41, 5.74) is 0.355. The van der Waals surface area contributed by atoms with Crippen molar-refractivity contribution in [3.63, 3.8) is 0 Å². The number of nitro benzene ring substituents is 1. The number of nitrogens with zero attached hydrogens (tertiary/aromatic N) is 2. The van der Waals surface area contributed by atoms with E-state index in [2.05, 4.69) is 4.98 Å². The first kappa shape index (κ1) is 14.2. The molecule has 0 radical (unpaired) electrons. The van der Waals surface area contributed by atoms with Crippen LogP contribution in [0.2, 0.25) is 5.02 Å². The molecule has 0 unspecified atom stereocenters. The zero-order chi connectivity index (χ0) is 14.7. The summed E-state index contributed by atoms with van der Waals surface area (Å²) < 4.78 is 5.39. The van der Waals surface area contributed by atoms with Crippen molar-refractivity contribution in [1.82, 2.24) is 4.98 Å². The Bertz CT molecular complexity index is 646. The fraction of sp³-hybridized carbons (Fsp3) is 0.154. The number of benzene rings is 1. The van der Waals surface area contributed by atoms with Gasteiger partial charge in [-0.1, -0.05) is 11.6 Å². The van der Waals surface area contributed by atoms with Gasteiger partial charge in [0.15, 0.2) is 0 Å². The molecule has 0 bridgehead atoms. The van der Waals surface area contributed by atoms with Crippen molar-refractivity contribution in [3.8, 4) is 11.6 Å². The fourth-order valence-corrected chi connectivity index (χ4v) is 1.74. The molecule has 0 spiro atoms. The van der Waals surface area contributed by atoms with Crippen LogP contribution < -0.4 is 4.74 Å². The van der Waals surface area contributed by atoms with Crippen molar-refractivity contribution in [1.29, 1.82) is 0 Å². The van der Waals surface area contributed by atoms with E-state index in [4.69, 9.17) is 16.3 Å². The van der Waals surface area contributed by atoms with Crippen LogP contribution in [0.25, 0.3) is 0 Å². The molecule has 1 aromatic carbocycles. The Kier molecular flexibility index (Phi) is 4.16. The lowest BCUT2D eigenvalue weighted by atomic mass is 10.2. The molecule has 104 valence electrons. The molecule has 0 saturated carbocycles. The Balaban J connectivity index is 2.35. The van der Waals surface area contributed by atoms with Crippen LogP contribution in [0.4, 0.5) is 5.69 Å². The normalized spacial score (nSPS) is 11.9. The molecule has 1 heterocycles. The number of ether oxygens (including phenoxy) is 1. The zero-order valence-corrected chi connectivity index (χ0v) is 11.2. The molecule has 0 saturated heterocycles. The minimum atomic E-state index is -0.680. The quantitative estimate of drug-likeness (QED) is 0.689. The van der Waals surface area contributed by atoms with Crippen LogP contribution in [0, 0.1) is 10.1 Å². The number of pyridine rings is 1. The molecule has 1 atom stereocenters. The number of nitro groups is 1. The van der Waals surface area contributed by atoms with E-state index < -0.39 is 11.0 Å². The molecule has 2 rings (SSSR count). The van der Waals surface area contributed by atoms with Crippen LogP contribution in [0.15, 0.2) is 36.5 Å². The largest absolute Gasteiger partial charge is 0.432 e. The van der Waals surface area contributed by atoms with Gasteiger partial charge >= 0.3 is 5.69 Å². The van der Waals surface area contributed by atoms with Gasteiger partial charge in [-0.05, 0) is 30.7 Å². The van der Waals surface area contributed by atoms with Crippen molar-refractivity contribution in [2.45, 2.75) is 13.0 Å². The number of aromatic nitrogens is 1. The standard InChI is InChI=1S/C13H11ClN2O4/c1-8(17)9-4-5-15-13(6-9)20-12-3-2-10(14)7-11(12)16(18)19/h2-8,17H,1H3/t8-/m0/s1. The van der Waals surface area contributed by atoms with E-state index in [0.717, 1.165) is 0 Å². The molecule has 2 aromatic rings. The van der Waals surface area contributed by atoms with Gasteiger partial charge in [0.05, 0.1) is 11.0 Å². The van der Waals surface area contributed by atoms with Crippen LogP contribution >= 0.6 is 11.6 Å². The van der Waals surface area contributed by atoms with Gasteiger partial charge in [0.1, 0.15) is 0 Å². The van der Waals surface area contributed by atoms with Crippen LogP contribution in [0.3, 0.4) is 0 Å². The van der Waals surface area contributed by atoms with E-state index >= 15 is 0 Å². The van der Waals surface area contributed by atoms with Gasteiger partial charge in [-0.3, -0.25) is 10.1 Å². The summed E-state index contributed by atoms with van der Waals surface area (Å²) in [6.07, 6.45) is 0.777. The van der Waals surface area contributed by atoms with Crippen molar-refractivity contribution in [3.05, 3.63) is 57.2 Å². The maximum absolute atomic E-state index is 10.9. The van der Waals surface area contributed by atoms with Crippen molar-refractivity contribution >= 4 is 17.3 Å². The van der Waals surface area contributed by atoms with Gasteiger partial charge in [0.25, 0.3) is 0 Å². The van der Waals surface area contributed by atoms with Crippen LogP contribution in [0.1, 0.15) is 18.6 Å². The van der Waals surface area contributed by atoms with Crippen molar-refractivity contribution < 1.29 is 14.8 Å². The Morgan fingerprint density at radius 1 is 1.40 bits per heavy atom. The SMILES string of the molecule is C[C@H](O)c1ccnc(Oc2ccc(Cl)cc2[N+](=O)[O-])c1. The van der Waals surface area contributed by atoms with Crippen LogP contribution in [0.5, 0.6) is 11.6 Å². The number of aliphatic hydroxyl groups excluding tert-OH is 1. The second kappa shape index (κ2) is 5.85. The molecular formula is C13H11ClN2O4. The molecule has 6 nitrogen and oxygen atoms in total. The Morgan fingerprint density at radius 3 is 2.80 bits per heavy atom. The summed E-state index contributed by atoms with van der Waals surface area (Å²) in [6, 6.07) is 7.24. The van der Waals surface area contributed by atoms with Gasteiger partial charge in [0, 0.05) is 23.4 Å². The Labute approximate surface area is 119 Å². The molecule has 0 aliphatic carbocycles. The van der Waals surface area contributed by atoms with E-state index in [0.29, 0.717) is 5.56 Å². The summed E-state index contributed by atoms with van der Waals surface area (Å²) in [5.74, 6) is 0.198. The lowest BCUT2D eigenvalue weighted by molar-refractivity contribution is -0.385. The molecule has 7 heteroatoms. The van der Waals surface area contributed by atoms with Gasteiger partial charge < -0.3 is 9.84 Å². The number of aliphatic hydroxyl groups is 1. The fourth-order valence-electron chi connectivity index (χ4n) is 1.57. The lowest BCUT2D eigenvalue weighted by Crippen LogP contribution is -1.97. The van der Waals surface area contributed by atoms with Gasteiger partial charge in [0.2, 0.25) is 11.6 Å². The van der Waals surface area contributed by atoms with E-state index in [1.165, 1.54) is 30.5 Å². The highest BCUT2D eigenvalue weighted by atomic mass is 35.5. The molecule has 20 heavy (non-hydrogen) atoms. The third-order valence-corrected chi connectivity index (χ3v) is 2.81. The van der Waals surface area contributed by atoms with Gasteiger partial charge in [-0.15, -0.1) is 0 Å². The van der Waals surface area contributed by atoms with E-state index in [9.17, 15) is 15.2 Å². The molecule has 0 fully saturated rings. The number of rotatable bonds is 4.